The van der Waals surface area contributed by atoms with Crippen LogP contribution in [-0.2, 0) is 19.1 Å². The zero-order valence-corrected chi connectivity index (χ0v) is 14.5. The second-order valence-corrected chi connectivity index (χ2v) is 5.75. The molecule has 1 N–H and O–H groups in total. The molecule has 0 aliphatic carbocycles. The molecule has 1 aliphatic rings. The fourth-order valence-electron chi connectivity index (χ4n) is 2.28. The number of nitrogens with one attached hydrogen (secondary N) is 1. The van der Waals surface area contributed by atoms with Gasteiger partial charge in [0.05, 0.1) is 23.4 Å². The van der Waals surface area contributed by atoms with Crippen molar-refractivity contribution in [2.75, 3.05) is 18.6 Å². The van der Waals surface area contributed by atoms with Crippen LogP contribution in [0.2, 0.25) is 5.02 Å². The maximum Gasteiger partial charge on any atom is 0.413 e. The van der Waals surface area contributed by atoms with Gasteiger partial charge in [-0.1, -0.05) is 11.6 Å². The zero-order chi connectivity index (χ0) is 18.6. The highest BCUT2D eigenvalue weighted by Gasteiger charge is 2.26. The van der Waals surface area contributed by atoms with Crippen LogP contribution in [0.5, 0.6) is 0 Å². The van der Waals surface area contributed by atoms with Crippen LogP contribution in [0.3, 0.4) is 0 Å². The molecule has 1 heterocycles. The number of hydrogen-bond donors (Lipinski definition) is 1. The van der Waals surface area contributed by atoms with Crippen molar-refractivity contribution in [2.45, 2.75) is 25.9 Å². The number of carbonyl (C=O) groups is 4. The van der Waals surface area contributed by atoms with Crippen molar-refractivity contribution in [2.24, 2.45) is 0 Å². The number of anilines is 1. The van der Waals surface area contributed by atoms with E-state index in [0.29, 0.717) is 30.1 Å². The van der Waals surface area contributed by atoms with Crippen molar-refractivity contribution in [1.29, 1.82) is 0 Å². The highest BCUT2D eigenvalue weighted by molar-refractivity contribution is 6.34. The summed E-state index contributed by atoms with van der Waals surface area (Å²) in [7, 11) is 1.11. The summed E-state index contributed by atoms with van der Waals surface area (Å²) in [5.41, 5.74) is 0.558. The lowest BCUT2D eigenvalue weighted by atomic mass is 10.2. The molecule has 1 aromatic carbocycles. The molecule has 0 aromatic heterocycles. The molecule has 134 valence electrons. The van der Waals surface area contributed by atoms with E-state index in [2.05, 4.69) is 4.74 Å². The van der Waals surface area contributed by atoms with E-state index in [4.69, 9.17) is 16.3 Å². The molecule has 0 bridgehead atoms. The number of halogens is 1. The summed E-state index contributed by atoms with van der Waals surface area (Å²) in [6, 6.07) is 4.36. The highest BCUT2D eigenvalue weighted by Crippen LogP contribution is 2.30. The average Bonchev–Trinajstić information content (AvgIpc) is 3.00. The van der Waals surface area contributed by atoms with E-state index in [1.165, 1.54) is 30.0 Å². The van der Waals surface area contributed by atoms with Crippen LogP contribution >= 0.6 is 11.6 Å². The fraction of sp³-hybridized carbons (Fsp3) is 0.375. The Bertz CT molecular complexity index is 721. The third-order valence-electron chi connectivity index (χ3n) is 3.61. The first kappa shape index (κ1) is 18.7. The lowest BCUT2D eigenvalue weighted by Gasteiger charge is -2.18. The maximum atomic E-state index is 12.2. The van der Waals surface area contributed by atoms with Crippen molar-refractivity contribution >= 4 is 41.2 Å². The number of alkyl carbamates (subject to hydrolysis) is 1. The number of imide groups is 1. The third-order valence-corrected chi connectivity index (χ3v) is 3.93. The normalized spacial score (nSPS) is 14.8. The molecule has 0 radical (unpaired) electrons. The predicted molar refractivity (Wildman–Crippen MR) is 88.5 cm³/mol. The molecular formula is C16H17ClN2O6. The molecule has 9 heteroatoms. The maximum absolute atomic E-state index is 12.2. The molecule has 3 amide bonds. The minimum absolute atomic E-state index is 0.0711. The zero-order valence-electron chi connectivity index (χ0n) is 13.7. The largest absolute Gasteiger partial charge is 0.453 e. The number of ether oxygens (including phenoxy) is 2. The fourth-order valence-corrected chi connectivity index (χ4v) is 2.50. The molecule has 0 spiro atoms. The summed E-state index contributed by atoms with van der Waals surface area (Å²) in [4.78, 5) is 48.3. The second kappa shape index (κ2) is 7.98. The van der Waals surface area contributed by atoms with Gasteiger partial charge in [-0.15, -0.1) is 0 Å². The van der Waals surface area contributed by atoms with E-state index in [1.54, 1.807) is 0 Å². The van der Waals surface area contributed by atoms with Crippen molar-refractivity contribution in [3.63, 3.8) is 0 Å². The van der Waals surface area contributed by atoms with Gasteiger partial charge in [-0.3, -0.25) is 14.9 Å². The van der Waals surface area contributed by atoms with Gasteiger partial charge >= 0.3 is 12.1 Å². The van der Waals surface area contributed by atoms with Crippen molar-refractivity contribution < 1.29 is 28.7 Å². The summed E-state index contributed by atoms with van der Waals surface area (Å²) in [6.45, 7) is 1.84. The number of carbonyl (C=O) groups excluding carboxylic acids is 4. The summed E-state index contributed by atoms with van der Waals surface area (Å²) < 4.78 is 9.32. The number of rotatable bonds is 4. The summed E-state index contributed by atoms with van der Waals surface area (Å²) in [5.74, 6) is -1.67. The number of esters is 1. The number of nitrogens with zero attached hydrogens (tertiary/aromatic N) is 1. The summed E-state index contributed by atoms with van der Waals surface area (Å²) in [5, 5.41) is 2.24. The number of hydrogen-bond acceptors (Lipinski definition) is 6. The minimum Gasteiger partial charge on any atom is -0.453 e. The Kier molecular flexibility index (Phi) is 5.97. The molecule has 1 fully saturated rings. The average molecular weight is 369 g/mol. The predicted octanol–water partition coefficient (Wildman–Crippen LogP) is 1.89. The third kappa shape index (κ3) is 4.48. The first-order chi connectivity index (χ1) is 11.8. The molecule has 25 heavy (non-hydrogen) atoms. The van der Waals surface area contributed by atoms with Crippen LogP contribution in [0.1, 0.15) is 30.1 Å². The van der Waals surface area contributed by atoms with Crippen molar-refractivity contribution in [1.82, 2.24) is 5.32 Å². The molecule has 2 rings (SSSR count). The van der Waals surface area contributed by atoms with Gasteiger partial charge in [-0.2, -0.15) is 0 Å². The van der Waals surface area contributed by atoms with Gasteiger partial charge in [0, 0.05) is 13.0 Å². The van der Waals surface area contributed by atoms with Crippen LogP contribution < -0.4 is 10.2 Å². The van der Waals surface area contributed by atoms with E-state index in [1.807, 2.05) is 5.32 Å². The first-order valence-corrected chi connectivity index (χ1v) is 7.91. The van der Waals surface area contributed by atoms with Crippen LogP contribution in [-0.4, -0.2) is 43.6 Å². The molecule has 1 aliphatic heterocycles. The summed E-state index contributed by atoms with van der Waals surface area (Å²) >= 11 is 6.11. The van der Waals surface area contributed by atoms with E-state index in [9.17, 15) is 19.2 Å². The highest BCUT2D eigenvalue weighted by atomic mass is 35.5. The van der Waals surface area contributed by atoms with Gasteiger partial charge in [-0.25, -0.2) is 9.59 Å². The molecular weight excluding hydrogens is 352 g/mol. The van der Waals surface area contributed by atoms with Crippen LogP contribution in [0, 0.1) is 0 Å². The SMILES string of the molecule is COC(=O)NC(=O)[C@@H](C)OC(=O)c1ccc(Cl)c(N2CCCC2=O)c1. The van der Waals surface area contributed by atoms with Gasteiger partial charge < -0.3 is 14.4 Å². The Morgan fingerprint density at radius 3 is 2.64 bits per heavy atom. The number of benzene rings is 1. The Morgan fingerprint density at radius 1 is 1.32 bits per heavy atom. The second-order valence-electron chi connectivity index (χ2n) is 5.34. The van der Waals surface area contributed by atoms with Crippen molar-refractivity contribution in [3.05, 3.63) is 28.8 Å². The Labute approximate surface area is 149 Å². The Morgan fingerprint density at radius 2 is 2.04 bits per heavy atom. The van der Waals surface area contributed by atoms with Gasteiger partial charge in [0.15, 0.2) is 6.10 Å². The molecule has 0 unspecified atom stereocenters. The quantitative estimate of drug-likeness (QED) is 0.814. The lowest BCUT2D eigenvalue weighted by molar-refractivity contribution is -0.128. The molecule has 0 saturated carbocycles. The van der Waals surface area contributed by atoms with E-state index in [-0.39, 0.29) is 11.5 Å². The molecule has 1 saturated heterocycles. The Balaban J connectivity index is 2.10. The van der Waals surface area contributed by atoms with Crippen LogP contribution in [0.4, 0.5) is 10.5 Å². The molecule has 1 atom stereocenters. The van der Waals surface area contributed by atoms with Gasteiger partial charge in [-0.05, 0) is 31.5 Å². The van der Waals surface area contributed by atoms with Gasteiger partial charge in [0.25, 0.3) is 5.91 Å². The topological polar surface area (TPSA) is 102 Å². The van der Waals surface area contributed by atoms with Gasteiger partial charge in [0.2, 0.25) is 5.91 Å². The molecule has 1 aromatic rings. The van der Waals surface area contributed by atoms with Gasteiger partial charge in [0.1, 0.15) is 0 Å². The van der Waals surface area contributed by atoms with Crippen molar-refractivity contribution in [3.8, 4) is 0 Å². The van der Waals surface area contributed by atoms with E-state index < -0.39 is 24.1 Å². The van der Waals surface area contributed by atoms with E-state index in [0.717, 1.165) is 7.11 Å². The number of amides is 3. The molecule has 8 nitrogen and oxygen atoms in total. The monoisotopic (exact) mass is 368 g/mol. The minimum atomic E-state index is -1.21. The summed E-state index contributed by atoms with van der Waals surface area (Å²) in [6.07, 6.45) is -1.02. The van der Waals surface area contributed by atoms with Crippen LogP contribution in [0.15, 0.2) is 18.2 Å². The van der Waals surface area contributed by atoms with Crippen LogP contribution in [0.25, 0.3) is 0 Å². The smallest absolute Gasteiger partial charge is 0.413 e. The number of methoxy groups -OCH3 is 1. The standard InChI is InChI=1S/C16H17ClN2O6/c1-9(14(21)18-16(23)24-2)25-15(22)10-5-6-11(17)12(8-10)19-7-3-4-13(19)20/h5-6,8-9H,3-4,7H2,1-2H3,(H,18,21,23)/t9-/m1/s1. The first-order valence-electron chi connectivity index (χ1n) is 7.53. The van der Waals surface area contributed by atoms with E-state index >= 15 is 0 Å². The Hall–Kier alpha value is -2.61. The lowest BCUT2D eigenvalue weighted by Crippen LogP contribution is -2.39.